The normalized spacial score (nSPS) is 10.6. The minimum absolute atomic E-state index is 0.346. The van der Waals surface area contributed by atoms with Crippen molar-refractivity contribution in [1.82, 2.24) is 0 Å². The van der Waals surface area contributed by atoms with Crippen LogP contribution in [0.25, 0.3) is 0 Å². The van der Waals surface area contributed by atoms with Gasteiger partial charge in [-0.1, -0.05) is 38.4 Å². The molecule has 0 radical (unpaired) electrons. The Morgan fingerprint density at radius 1 is 0.806 bits per heavy atom. The summed E-state index contributed by atoms with van der Waals surface area (Å²) in [6.07, 6.45) is 5.10. The van der Waals surface area contributed by atoms with E-state index in [1.54, 1.807) is 6.07 Å². The Bertz CT molecular complexity index is 823. The van der Waals surface area contributed by atoms with Crippen molar-refractivity contribution in [1.29, 1.82) is 0 Å². The Morgan fingerprint density at radius 2 is 1.35 bits per heavy atom. The second-order valence-corrected chi connectivity index (χ2v) is 7.76. The highest BCUT2D eigenvalue weighted by Crippen LogP contribution is 2.45. The molecule has 2 aromatic carbocycles. The molecule has 2 aromatic rings. The molecule has 2 rings (SSSR count). The number of benzene rings is 2. The van der Waals surface area contributed by atoms with Crippen LogP contribution in [0.1, 0.15) is 51.2 Å². The maximum absolute atomic E-state index is 6.57. The summed E-state index contributed by atoms with van der Waals surface area (Å²) in [7, 11) is 0. The van der Waals surface area contributed by atoms with E-state index in [1.165, 1.54) is 0 Å². The first-order valence-corrected chi connectivity index (χ1v) is 11.7. The van der Waals surface area contributed by atoms with E-state index in [0.717, 1.165) is 36.1 Å². The zero-order chi connectivity index (χ0) is 22.6. The largest absolute Gasteiger partial charge is 0.493 e. The van der Waals surface area contributed by atoms with Crippen LogP contribution < -0.4 is 18.9 Å². The quantitative estimate of drug-likeness (QED) is 0.209. The predicted octanol–water partition coefficient (Wildman–Crippen LogP) is 7.97. The Labute approximate surface area is 196 Å². The molecule has 0 saturated carbocycles. The van der Waals surface area contributed by atoms with Crippen molar-refractivity contribution in [3.63, 3.8) is 0 Å². The highest BCUT2D eigenvalue weighted by atomic mass is 35.5. The van der Waals surface area contributed by atoms with Gasteiger partial charge in [0.25, 0.3) is 0 Å². The zero-order valence-corrected chi connectivity index (χ0v) is 20.2. The number of halogens is 2. The molecule has 0 bridgehead atoms. The summed E-state index contributed by atoms with van der Waals surface area (Å²) in [5, 5.41) is 0.447. The van der Waals surface area contributed by atoms with E-state index in [4.69, 9.17) is 42.1 Å². The van der Waals surface area contributed by atoms with Crippen molar-refractivity contribution in [2.24, 2.45) is 0 Å². The molecule has 31 heavy (non-hydrogen) atoms. The van der Waals surface area contributed by atoms with Crippen LogP contribution in [0.5, 0.6) is 28.7 Å². The highest BCUT2D eigenvalue weighted by Gasteiger charge is 2.19. The molecule has 0 saturated heterocycles. The third-order valence-electron chi connectivity index (χ3n) is 4.31. The topological polar surface area (TPSA) is 36.9 Å². The molecule has 0 N–H and O–H groups in total. The summed E-state index contributed by atoms with van der Waals surface area (Å²) in [5.74, 6) is 3.24. The van der Waals surface area contributed by atoms with E-state index in [0.29, 0.717) is 60.1 Å². The first-order chi connectivity index (χ1) is 15.1. The molecule has 0 fully saturated rings. The van der Waals surface area contributed by atoms with Crippen molar-refractivity contribution in [2.75, 3.05) is 19.8 Å². The molecule has 0 atom stereocenters. The lowest BCUT2D eigenvalue weighted by atomic mass is 10.1. The lowest BCUT2D eigenvalue weighted by molar-refractivity contribution is 0.276. The number of alkyl halides is 1. The van der Waals surface area contributed by atoms with Crippen LogP contribution in [0.15, 0.2) is 36.9 Å². The van der Waals surface area contributed by atoms with Gasteiger partial charge >= 0.3 is 0 Å². The Kier molecular flexibility index (Phi) is 10.9. The lowest BCUT2D eigenvalue weighted by Crippen LogP contribution is -2.04. The average Bonchev–Trinajstić information content (AvgIpc) is 2.78. The molecule has 170 valence electrons. The molecular formula is C25H32Cl2O4. The van der Waals surface area contributed by atoms with Gasteiger partial charge in [0, 0.05) is 17.5 Å². The van der Waals surface area contributed by atoms with Crippen LogP contribution in [-0.4, -0.2) is 19.8 Å². The van der Waals surface area contributed by atoms with Gasteiger partial charge in [-0.05, 0) is 49.4 Å². The number of rotatable bonds is 14. The summed E-state index contributed by atoms with van der Waals surface area (Å²) in [6.45, 7) is 11.7. The molecule has 6 heteroatoms. The second kappa shape index (κ2) is 13.4. The van der Waals surface area contributed by atoms with E-state index in [2.05, 4.69) is 13.5 Å². The second-order valence-electron chi connectivity index (χ2n) is 7.09. The predicted molar refractivity (Wildman–Crippen MR) is 129 cm³/mol. The van der Waals surface area contributed by atoms with Crippen molar-refractivity contribution in [2.45, 2.75) is 52.3 Å². The molecule has 0 heterocycles. The van der Waals surface area contributed by atoms with Crippen molar-refractivity contribution >= 4 is 23.2 Å². The molecule has 0 amide bonds. The number of ether oxygens (including phenoxy) is 4. The lowest BCUT2D eigenvalue weighted by Gasteiger charge is -2.19. The molecule has 0 aliphatic rings. The number of hydrogen-bond donors (Lipinski definition) is 0. The minimum atomic E-state index is 0.346. The molecule has 0 unspecified atom stereocenters. The molecule has 0 aromatic heterocycles. The smallest absolute Gasteiger partial charge is 0.211 e. The zero-order valence-electron chi connectivity index (χ0n) is 18.6. The number of allylic oxidation sites excluding steroid dienone is 1. The van der Waals surface area contributed by atoms with Gasteiger partial charge in [0.2, 0.25) is 5.75 Å². The Morgan fingerprint density at radius 3 is 1.84 bits per heavy atom. The highest BCUT2D eigenvalue weighted by molar-refractivity contribution is 6.32. The van der Waals surface area contributed by atoms with E-state index < -0.39 is 0 Å². The average molecular weight is 467 g/mol. The SMILES string of the molecule is C=CCc1cc(Oc2c(OCCC)cc(CCl)cc2OCCC)c(Cl)cc1OCCC. The monoisotopic (exact) mass is 466 g/mol. The maximum atomic E-state index is 6.57. The molecule has 0 spiro atoms. The van der Waals surface area contributed by atoms with Crippen LogP contribution in [0, 0.1) is 0 Å². The summed E-state index contributed by atoms with van der Waals surface area (Å²) in [6, 6.07) is 7.44. The first kappa shape index (κ1) is 25.2. The van der Waals surface area contributed by atoms with Gasteiger partial charge in [-0.2, -0.15) is 0 Å². The molecular weight excluding hydrogens is 435 g/mol. The van der Waals surface area contributed by atoms with Crippen LogP contribution in [0.2, 0.25) is 5.02 Å². The van der Waals surface area contributed by atoms with Gasteiger partial charge in [-0.3, -0.25) is 0 Å². The molecule has 4 nitrogen and oxygen atoms in total. The Balaban J connectivity index is 2.51. The third-order valence-corrected chi connectivity index (χ3v) is 4.92. The van der Waals surface area contributed by atoms with E-state index in [1.807, 2.05) is 38.1 Å². The van der Waals surface area contributed by atoms with Gasteiger partial charge in [0.1, 0.15) is 11.5 Å². The van der Waals surface area contributed by atoms with Crippen molar-refractivity contribution < 1.29 is 18.9 Å². The minimum Gasteiger partial charge on any atom is -0.493 e. The van der Waals surface area contributed by atoms with Gasteiger partial charge in [0.15, 0.2) is 11.5 Å². The van der Waals surface area contributed by atoms with Crippen molar-refractivity contribution in [3.8, 4) is 28.7 Å². The van der Waals surface area contributed by atoms with E-state index in [9.17, 15) is 0 Å². The van der Waals surface area contributed by atoms with Crippen LogP contribution in [0.4, 0.5) is 0 Å². The fraction of sp³-hybridized carbons (Fsp3) is 0.440. The fourth-order valence-electron chi connectivity index (χ4n) is 2.87. The fourth-order valence-corrected chi connectivity index (χ4v) is 3.22. The van der Waals surface area contributed by atoms with Gasteiger partial charge in [-0.15, -0.1) is 18.2 Å². The Hall–Kier alpha value is -2.04. The summed E-state index contributed by atoms with van der Waals surface area (Å²) < 4.78 is 24.1. The first-order valence-electron chi connectivity index (χ1n) is 10.8. The summed E-state index contributed by atoms with van der Waals surface area (Å²) in [5.41, 5.74) is 1.85. The molecule has 0 aliphatic carbocycles. The summed E-state index contributed by atoms with van der Waals surface area (Å²) in [4.78, 5) is 0. The van der Waals surface area contributed by atoms with Crippen LogP contribution in [0.3, 0.4) is 0 Å². The van der Waals surface area contributed by atoms with Gasteiger partial charge in [-0.25, -0.2) is 0 Å². The van der Waals surface area contributed by atoms with E-state index in [-0.39, 0.29) is 0 Å². The van der Waals surface area contributed by atoms with Crippen LogP contribution >= 0.6 is 23.2 Å². The number of hydrogen-bond acceptors (Lipinski definition) is 4. The van der Waals surface area contributed by atoms with Gasteiger partial charge in [0.05, 0.1) is 24.8 Å². The van der Waals surface area contributed by atoms with Crippen molar-refractivity contribution in [3.05, 3.63) is 53.1 Å². The third kappa shape index (κ3) is 7.26. The van der Waals surface area contributed by atoms with Crippen LogP contribution in [-0.2, 0) is 12.3 Å². The van der Waals surface area contributed by atoms with E-state index >= 15 is 0 Å². The molecule has 0 aliphatic heterocycles. The standard InChI is InChI=1S/C25H32Cl2O4/c1-5-9-19-15-22(20(27)16-21(19)28-10-6-2)31-25-23(29-11-7-3)13-18(17-26)14-24(25)30-12-8-4/h5,13-16H,1,6-12,17H2,2-4H3. The van der Waals surface area contributed by atoms with Gasteiger partial charge < -0.3 is 18.9 Å². The summed E-state index contributed by atoms with van der Waals surface area (Å²) >= 11 is 12.7. The maximum Gasteiger partial charge on any atom is 0.211 e.